The fourth-order valence-corrected chi connectivity index (χ4v) is 5.00. The molecule has 5 nitrogen and oxygen atoms in total. The monoisotopic (exact) mass is 440 g/mol. The maximum atomic E-state index is 13.1. The van der Waals surface area contributed by atoms with Crippen LogP contribution in [0.1, 0.15) is 34.6 Å². The number of thiophene rings is 1. The summed E-state index contributed by atoms with van der Waals surface area (Å²) in [5.41, 5.74) is 2.68. The number of nitrogens with zero attached hydrogens (tertiary/aromatic N) is 2. The second-order valence-corrected chi connectivity index (χ2v) is 8.43. The van der Waals surface area contributed by atoms with Crippen LogP contribution in [-0.4, -0.2) is 27.4 Å². The molecule has 0 radical (unpaired) electrons. The molecule has 1 aliphatic rings. The van der Waals surface area contributed by atoms with Crippen molar-refractivity contribution in [3.63, 3.8) is 0 Å². The largest absolute Gasteiger partial charge is 0.352 e. The van der Waals surface area contributed by atoms with Gasteiger partial charge in [0.05, 0.1) is 17.8 Å². The molecule has 30 heavy (non-hydrogen) atoms. The van der Waals surface area contributed by atoms with Crippen molar-refractivity contribution < 1.29 is 9.18 Å². The Kier molecular flexibility index (Phi) is 6.06. The molecule has 0 spiro atoms. The summed E-state index contributed by atoms with van der Waals surface area (Å²) in [6, 6.07) is 13.5. The number of anilines is 1. The van der Waals surface area contributed by atoms with Crippen molar-refractivity contribution in [1.82, 2.24) is 15.2 Å². The molecule has 1 aliphatic heterocycles. The van der Waals surface area contributed by atoms with E-state index < -0.39 is 0 Å². The number of hydrogen-bond acceptors (Lipinski definition) is 4. The van der Waals surface area contributed by atoms with Crippen LogP contribution in [-0.2, 0) is 4.79 Å². The molecule has 1 amide bonds. The van der Waals surface area contributed by atoms with Gasteiger partial charge in [-0.1, -0.05) is 6.07 Å². The first-order chi connectivity index (χ1) is 14.5. The zero-order valence-corrected chi connectivity index (χ0v) is 18.0. The SMILES string of the molecule is Cc1ccsc1[C@@H]1[C@@H](c2ccccn2)NC(=S)N1CCC(=O)Nc1ccc(F)cc1. The lowest BCUT2D eigenvalue weighted by molar-refractivity contribution is -0.116. The van der Waals surface area contributed by atoms with E-state index in [4.69, 9.17) is 12.2 Å². The molecule has 0 bridgehead atoms. The molecule has 3 aromatic rings. The van der Waals surface area contributed by atoms with Gasteiger partial charge in [0.15, 0.2) is 5.11 Å². The number of halogens is 1. The minimum absolute atomic E-state index is 0.0361. The number of hydrogen-bond donors (Lipinski definition) is 2. The van der Waals surface area contributed by atoms with Crippen molar-refractivity contribution in [2.24, 2.45) is 0 Å². The fraction of sp³-hybridized carbons (Fsp3) is 0.227. The van der Waals surface area contributed by atoms with Crippen molar-refractivity contribution in [1.29, 1.82) is 0 Å². The predicted octanol–water partition coefficient (Wildman–Crippen LogP) is 4.59. The van der Waals surface area contributed by atoms with Crippen LogP contribution < -0.4 is 10.6 Å². The van der Waals surface area contributed by atoms with Crippen molar-refractivity contribution in [2.45, 2.75) is 25.4 Å². The van der Waals surface area contributed by atoms with Gasteiger partial charge in [-0.25, -0.2) is 4.39 Å². The molecule has 2 aromatic heterocycles. The topological polar surface area (TPSA) is 57.3 Å². The normalized spacial score (nSPS) is 18.3. The average Bonchev–Trinajstić information content (AvgIpc) is 3.31. The summed E-state index contributed by atoms with van der Waals surface area (Å²) in [5.74, 6) is -0.483. The van der Waals surface area contributed by atoms with E-state index in [1.54, 1.807) is 29.7 Å². The Balaban J connectivity index is 1.52. The highest BCUT2D eigenvalue weighted by Gasteiger charge is 2.40. The lowest BCUT2D eigenvalue weighted by Gasteiger charge is -2.27. The summed E-state index contributed by atoms with van der Waals surface area (Å²) in [6.07, 6.45) is 2.03. The Morgan fingerprint density at radius 2 is 2.07 bits per heavy atom. The lowest BCUT2D eigenvalue weighted by atomic mass is 10.0. The Bertz CT molecular complexity index is 1040. The Morgan fingerprint density at radius 1 is 1.27 bits per heavy atom. The maximum Gasteiger partial charge on any atom is 0.226 e. The third-order valence-corrected chi connectivity index (χ3v) is 6.52. The third kappa shape index (κ3) is 4.34. The van der Waals surface area contributed by atoms with E-state index in [9.17, 15) is 9.18 Å². The van der Waals surface area contributed by atoms with Gasteiger partial charge in [0.25, 0.3) is 0 Å². The first-order valence-corrected chi connectivity index (χ1v) is 10.9. The summed E-state index contributed by atoms with van der Waals surface area (Å²) < 4.78 is 13.1. The minimum atomic E-state index is -0.337. The highest BCUT2D eigenvalue weighted by molar-refractivity contribution is 7.80. The molecule has 154 valence electrons. The highest BCUT2D eigenvalue weighted by atomic mass is 32.1. The van der Waals surface area contributed by atoms with Gasteiger partial charge in [-0.3, -0.25) is 9.78 Å². The number of benzene rings is 1. The molecule has 2 atom stereocenters. The Labute approximate surface area is 183 Å². The van der Waals surface area contributed by atoms with Crippen LogP contribution in [0, 0.1) is 12.7 Å². The zero-order chi connectivity index (χ0) is 21.1. The van der Waals surface area contributed by atoms with Crippen LogP contribution in [0.4, 0.5) is 10.1 Å². The van der Waals surface area contributed by atoms with E-state index in [2.05, 4.69) is 38.9 Å². The quantitative estimate of drug-likeness (QED) is 0.549. The molecular weight excluding hydrogens is 419 g/mol. The number of aromatic nitrogens is 1. The first kappa shape index (κ1) is 20.4. The zero-order valence-electron chi connectivity index (χ0n) is 16.3. The minimum Gasteiger partial charge on any atom is -0.352 e. The second-order valence-electron chi connectivity index (χ2n) is 7.09. The van der Waals surface area contributed by atoms with Gasteiger partial charge in [-0.2, -0.15) is 0 Å². The molecule has 0 unspecified atom stereocenters. The van der Waals surface area contributed by atoms with E-state index in [-0.39, 0.29) is 30.2 Å². The standard InChI is InChI=1S/C22H21FN4OS2/c1-14-10-13-30-21(14)20-19(17-4-2-3-11-24-17)26-22(29)27(20)12-9-18(28)25-16-7-5-15(23)6-8-16/h2-8,10-11,13,19-20H,9,12H2,1H3,(H,25,28)(H,26,29)/t19-,20+/m1/s1. The van der Waals surface area contributed by atoms with E-state index in [0.29, 0.717) is 17.3 Å². The summed E-state index contributed by atoms with van der Waals surface area (Å²) in [7, 11) is 0. The van der Waals surface area contributed by atoms with E-state index in [1.807, 2.05) is 18.2 Å². The molecule has 1 fully saturated rings. The summed E-state index contributed by atoms with van der Waals surface area (Å²) in [5, 5.41) is 8.88. The number of pyridine rings is 1. The van der Waals surface area contributed by atoms with Crippen molar-refractivity contribution >= 4 is 40.3 Å². The Morgan fingerprint density at radius 3 is 2.73 bits per heavy atom. The highest BCUT2D eigenvalue weighted by Crippen LogP contribution is 2.41. The van der Waals surface area contributed by atoms with Crippen LogP contribution in [0.15, 0.2) is 60.1 Å². The van der Waals surface area contributed by atoms with Crippen molar-refractivity contribution in [2.75, 3.05) is 11.9 Å². The van der Waals surface area contributed by atoms with Crippen LogP contribution >= 0.6 is 23.6 Å². The summed E-state index contributed by atoms with van der Waals surface area (Å²) in [4.78, 5) is 20.3. The van der Waals surface area contributed by atoms with Crippen molar-refractivity contribution in [3.05, 3.63) is 82.1 Å². The third-order valence-electron chi connectivity index (χ3n) is 5.08. The molecule has 8 heteroatoms. The van der Waals surface area contributed by atoms with Crippen LogP contribution in [0.5, 0.6) is 0 Å². The molecule has 3 heterocycles. The van der Waals surface area contributed by atoms with Crippen LogP contribution in [0.3, 0.4) is 0 Å². The number of nitrogens with one attached hydrogen (secondary N) is 2. The average molecular weight is 441 g/mol. The van der Waals surface area contributed by atoms with Gasteiger partial charge in [0.2, 0.25) is 5.91 Å². The number of carbonyl (C=O) groups excluding carboxylic acids is 1. The fourth-order valence-electron chi connectivity index (χ4n) is 3.60. The van der Waals surface area contributed by atoms with Gasteiger partial charge in [0, 0.05) is 29.7 Å². The van der Waals surface area contributed by atoms with Crippen LogP contribution in [0.2, 0.25) is 0 Å². The predicted molar refractivity (Wildman–Crippen MR) is 121 cm³/mol. The second kappa shape index (κ2) is 8.89. The summed E-state index contributed by atoms with van der Waals surface area (Å²) >= 11 is 7.31. The molecule has 2 N–H and O–H groups in total. The number of thiocarbonyl (C=S) groups is 1. The molecule has 0 saturated carbocycles. The van der Waals surface area contributed by atoms with Crippen LogP contribution in [0.25, 0.3) is 0 Å². The first-order valence-electron chi connectivity index (χ1n) is 9.60. The Hall–Kier alpha value is -2.84. The van der Waals surface area contributed by atoms with E-state index in [1.165, 1.54) is 22.6 Å². The van der Waals surface area contributed by atoms with Gasteiger partial charge in [-0.05, 0) is 72.5 Å². The number of amides is 1. The molecule has 1 saturated heterocycles. The van der Waals surface area contributed by atoms with E-state index in [0.717, 1.165) is 5.69 Å². The van der Waals surface area contributed by atoms with E-state index >= 15 is 0 Å². The van der Waals surface area contributed by atoms with Gasteiger partial charge < -0.3 is 15.5 Å². The number of carbonyl (C=O) groups is 1. The molecule has 0 aliphatic carbocycles. The number of rotatable bonds is 6. The van der Waals surface area contributed by atoms with Gasteiger partial charge in [-0.15, -0.1) is 11.3 Å². The van der Waals surface area contributed by atoms with Crippen molar-refractivity contribution in [3.8, 4) is 0 Å². The van der Waals surface area contributed by atoms with Gasteiger partial charge in [0.1, 0.15) is 5.82 Å². The number of aryl methyl sites for hydroxylation is 1. The molecule has 4 rings (SSSR count). The smallest absolute Gasteiger partial charge is 0.226 e. The summed E-state index contributed by atoms with van der Waals surface area (Å²) in [6.45, 7) is 2.55. The molecular formula is C22H21FN4OS2. The molecule has 1 aromatic carbocycles. The maximum absolute atomic E-state index is 13.1. The lowest BCUT2D eigenvalue weighted by Crippen LogP contribution is -2.32. The van der Waals surface area contributed by atoms with Gasteiger partial charge >= 0.3 is 0 Å².